The second-order valence-electron chi connectivity index (χ2n) is 6.50. The number of nitriles is 1. The molecule has 0 radical (unpaired) electrons. The van der Waals surface area contributed by atoms with Crippen molar-refractivity contribution in [3.05, 3.63) is 41.7 Å². The molecule has 1 aliphatic rings. The van der Waals surface area contributed by atoms with E-state index in [1.807, 2.05) is 28.9 Å². The number of ether oxygens (including phenoxy) is 1. The van der Waals surface area contributed by atoms with Crippen molar-refractivity contribution in [1.29, 1.82) is 5.26 Å². The Labute approximate surface area is 156 Å². The van der Waals surface area contributed by atoms with Crippen molar-refractivity contribution >= 4 is 0 Å². The summed E-state index contributed by atoms with van der Waals surface area (Å²) in [7, 11) is 1.79. The molecule has 0 bridgehead atoms. The molecule has 4 rings (SSSR count). The molecule has 3 heterocycles. The Balaban J connectivity index is 1.45. The third-order valence-electron chi connectivity index (χ3n) is 4.76. The van der Waals surface area contributed by atoms with Crippen LogP contribution in [-0.2, 0) is 13.7 Å². The minimum absolute atomic E-state index is 0.272. The zero-order valence-corrected chi connectivity index (χ0v) is 15.0. The van der Waals surface area contributed by atoms with E-state index < -0.39 is 0 Å². The number of aryl methyl sites for hydroxylation is 1. The summed E-state index contributed by atoms with van der Waals surface area (Å²) in [4.78, 5) is 0. The van der Waals surface area contributed by atoms with Gasteiger partial charge in [-0.2, -0.15) is 10.4 Å². The minimum atomic E-state index is 0.272. The highest BCUT2D eigenvalue weighted by Crippen LogP contribution is 2.24. The van der Waals surface area contributed by atoms with Gasteiger partial charge < -0.3 is 10.1 Å². The lowest BCUT2D eigenvalue weighted by Gasteiger charge is -2.23. The third kappa shape index (κ3) is 3.52. The van der Waals surface area contributed by atoms with Gasteiger partial charge in [0.1, 0.15) is 24.1 Å². The highest BCUT2D eigenvalue weighted by atomic mass is 16.5. The van der Waals surface area contributed by atoms with Crippen LogP contribution in [0.15, 0.2) is 30.5 Å². The van der Waals surface area contributed by atoms with Crippen LogP contribution in [0.1, 0.15) is 30.1 Å². The van der Waals surface area contributed by atoms with Crippen LogP contribution in [0.5, 0.6) is 5.75 Å². The molecule has 0 aliphatic carbocycles. The van der Waals surface area contributed by atoms with Crippen LogP contribution in [0.2, 0.25) is 0 Å². The molecule has 1 N–H and O–H groups in total. The minimum Gasteiger partial charge on any atom is -0.489 e. The van der Waals surface area contributed by atoms with Crippen molar-refractivity contribution in [2.75, 3.05) is 13.1 Å². The van der Waals surface area contributed by atoms with Crippen molar-refractivity contribution in [3.63, 3.8) is 0 Å². The molecule has 9 nitrogen and oxygen atoms in total. The van der Waals surface area contributed by atoms with E-state index in [2.05, 4.69) is 32.0 Å². The quantitative estimate of drug-likeness (QED) is 0.730. The first-order chi connectivity index (χ1) is 13.3. The van der Waals surface area contributed by atoms with Gasteiger partial charge in [0.15, 0.2) is 5.82 Å². The molecule has 27 heavy (non-hydrogen) atoms. The molecule has 1 aliphatic heterocycles. The van der Waals surface area contributed by atoms with Crippen molar-refractivity contribution in [2.45, 2.75) is 25.5 Å². The number of piperidine rings is 1. The van der Waals surface area contributed by atoms with E-state index in [4.69, 9.17) is 4.74 Å². The van der Waals surface area contributed by atoms with Gasteiger partial charge in [-0.15, -0.1) is 5.10 Å². The van der Waals surface area contributed by atoms with Gasteiger partial charge in [-0.05, 0) is 60.6 Å². The maximum atomic E-state index is 9.58. The van der Waals surface area contributed by atoms with Crippen LogP contribution < -0.4 is 10.1 Å². The Morgan fingerprint density at radius 2 is 2.04 bits per heavy atom. The van der Waals surface area contributed by atoms with Gasteiger partial charge in [-0.3, -0.25) is 4.68 Å². The number of nitrogens with zero attached hydrogens (tertiary/aromatic N) is 7. The number of aromatic nitrogens is 6. The topological polar surface area (TPSA) is 106 Å². The van der Waals surface area contributed by atoms with Gasteiger partial charge in [-0.1, -0.05) is 0 Å². The fourth-order valence-corrected chi connectivity index (χ4v) is 3.29. The van der Waals surface area contributed by atoms with Crippen LogP contribution >= 0.6 is 0 Å². The molecular weight excluding hydrogens is 344 g/mol. The van der Waals surface area contributed by atoms with Crippen LogP contribution in [-0.4, -0.2) is 43.1 Å². The van der Waals surface area contributed by atoms with E-state index in [1.165, 1.54) is 0 Å². The summed E-state index contributed by atoms with van der Waals surface area (Å²) >= 11 is 0. The normalized spacial score (nSPS) is 14.8. The van der Waals surface area contributed by atoms with Crippen molar-refractivity contribution < 1.29 is 4.74 Å². The molecule has 0 atom stereocenters. The summed E-state index contributed by atoms with van der Waals surface area (Å²) in [5.41, 5.74) is 2.30. The van der Waals surface area contributed by atoms with Gasteiger partial charge in [-0.25, -0.2) is 4.68 Å². The fourth-order valence-electron chi connectivity index (χ4n) is 3.29. The van der Waals surface area contributed by atoms with E-state index in [-0.39, 0.29) is 6.04 Å². The number of hydrogen-bond donors (Lipinski definition) is 1. The van der Waals surface area contributed by atoms with E-state index in [9.17, 15) is 5.26 Å². The van der Waals surface area contributed by atoms with Gasteiger partial charge in [0, 0.05) is 18.2 Å². The van der Waals surface area contributed by atoms with Crippen molar-refractivity contribution in [3.8, 4) is 23.2 Å². The number of nitrogens with one attached hydrogen (secondary N) is 1. The molecule has 0 unspecified atom stereocenters. The standard InChI is InChI=1S/C18H20N8O/c1-25-18(22-23-24-25)13-2-4-16(5-3-13)27-12-14-11-21-26(17(14)10-19)15-6-8-20-9-7-15/h2-5,11,15,20H,6-9,12H2,1H3. The van der Waals surface area contributed by atoms with E-state index in [1.54, 1.807) is 17.9 Å². The summed E-state index contributed by atoms with van der Waals surface area (Å²) in [5, 5.41) is 28.8. The van der Waals surface area contributed by atoms with Crippen molar-refractivity contribution in [1.82, 2.24) is 35.3 Å². The Morgan fingerprint density at radius 1 is 1.26 bits per heavy atom. The second kappa shape index (κ2) is 7.55. The number of hydrogen-bond acceptors (Lipinski definition) is 7. The first kappa shape index (κ1) is 17.2. The number of rotatable bonds is 5. The largest absolute Gasteiger partial charge is 0.489 e. The van der Waals surface area contributed by atoms with Crippen LogP contribution in [0.4, 0.5) is 0 Å². The zero-order chi connectivity index (χ0) is 18.6. The van der Waals surface area contributed by atoms with Gasteiger partial charge in [0.05, 0.1) is 12.2 Å². The van der Waals surface area contributed by atoms with E-state index in [0.29, 0.717) is 23.9 Å². The SMILES string of the molecule is Cn1nnnc1-c1ccc(OCc2cnn(C3CCNCC3)c2C#N)cc1. The number of tetrazole rings is 1. The molecule has 1 fully saturated rings. The zero-order valence-electron chi connectivity index (χ0n) is 15.0. The van der Waals surface area contributed by atoms with Crippen LogP contribution in [0.25, 0.3) is 11.4 Å². The summed E-state index contributed by atoms with van der Waals surface area (Å²) < 4.78 is 9.33. The summed E-state index contributed by atoms with van der Waals surface area (Å²) in [6.45, 7) is 2.21. The highest BCUT2D eigenvalue weighted by Gasteiger charge is 2.21. The molecule has 138 valence electrons. The molecule has 9 heteroatoms. The maximum Gasteiger partial charge on any atom is 0.181 e. The molecular formula is C18H20N8O. The molecule has 1 aromatic carbocycles. The molecule has 2 aromatic heterocycles. The van der Waals surface area contributed by atoms with Crippen LogP contribution in [0, 0.1) is 11.3 Å². The Bertz CT molecular complexity index is 947. The fraction of sp³-hybridized carbons (Fsp3) is 0.389. The lowest BCUT2D eigenvalue weighted by Crippen LogP contribution is -2.30. The highest BCUT2D eigenvalue weighted by molar-refractivity contribution is 5.55. The first-order valence-electron chi connectivity index (χ1n) is 8.89. The molecule has 0 saturated carbocycles. The van der Waals surface area contributed by atoms with E-state index in [0.717, 1.165) is 37.1 Å². The molecule has 0 spiro atoms. The smallest absolute Gasteiger partial charge is 0.181 e. The predicted octanol–water partition coefficient (Wildman–Crippen LogP) is 1.45. The Hall–Kier alpha value is -3.25. The third-order valence-corrected chi connectivity index (χ3v) is 4.76. The van der Waals surface area contributed by atoms with Gasteiger partial charge >= 0.3 is 0 Å². The Kier molecular flexibility index (Phi) is 4.80. The summed E-state index contributed by atoms with van der Waals surface area (Å²) in [5.74, 6) is 1.41. The lowest BCUT2D eigenvalue weighted by atomic mass is 10.1. The predicted molar refractivity (Wildman–Crippen MR) is 96.6 cm³/mol. The maximum absolute atomic E-state index is 9.58. The molecule has 0 amide bonds. The molecule has 1 saturated heterocycles. The lowest BCUT2D eigenvalue weighted by molar-refractivity contribution is 0.304. The van der Waals surface area contributed by atoms with Gasteiger partial charge in [0.25, 0.3) is 0 Å². The Morgan fingerprint density at radius 3 is 2.70 bits per heavy atom. The average Bonchev–Trinajstić information content (AvgIpc) is 3.33. The van der Waals surface area contributed by atoms with Crippen molar-refractivity contribution in [2.24, 2.45) is 7.05 Å². The summed E-state index contributed by atoms with van der Waals surface area (Å²) in [6.07, 6.45) is 3.70. The van der Waals surface area contributed by atoms with Gasteiger partial charge in [0.2, 0.25) is 0 Å². The first-order valence-corrected chi connectivity index (χ1v) is 8.89. The second-order valence-corrected chi connectivity index (χ2v) is 6.50. The average molecular weight is 364 g/mol. The van der Waals surface area contributed by atoms with Crippen LogP contribution in [0.3, 0.4) is 0 Å². The number of benzene rings is 1. The monoisotopic (exact) mass is 364 g/mol. The molecule has 3 aromatic rings. The summed E-state index contributed by atoms with van der Waals surface area (Å²) in [6, 6.07) is 10.1. The van der Waals surface area contributed by atoms with E-state index >= 15 is 0 Å².